The number of benzene rings is 1. The minimum atomic E-state index is -0.128. The van der Waals surface area contributed by atoms with Gasteiger partial charge in [-0.25, -0.2) is 4.98 Å². The highest BCUT2D eigenvalue weighted by Gasteiger charge is 2.17. The number of amides is 1. The zero-order chi connectivity index (χ0) is 18.7. The van der Waals surface area contributed by atoms with Gasteiger partial charge in [-0.3, -0.25) is 14.9 Å². The molecule has 3 rings (SSSR count). The molecular formula is C19H22N6O. The lowest BCUT2D eigenvalue weighted by Crippen LogP contribution is -2.27. The molecule has 134 valence electrons. The van der Waals surface area contributed by atoms with E-state index in [4.69, 9.17) is 0 Å². The molecule has 0 spiro atoms. The summed E-state index contributed by atoms with van der Waals surface area (Å²) in [5, 5.41) is 13.2. The van der Waals surface area contributed by atoms with Crippen LogP contribution in [0.3, 0.4) is 0 Å². The van der Waals surface area contributed by atoms with E-state index in [0.717, 1.165) is 28.2 Å². The highest BCUT2D eigenvalue weighted by Crippen LogP contribution is 2.24. The molecule has 26 heavy (non-hydrogen) atoms. The first kappa shape index (κ1) is 17.6. The Bertz CT molecular complexity index is 897. The normalized spacial score (nSPS) is 11.8. The lowest BCUT2D eigenvalue weighted by atomic mass is 10.0. The van der Waals surface area contributed by atoms with Crippen LogP contribution < -0.4 is 10.6 Å². The van der Waals surface area contributed by atoms with Gasteiger partial charge in [-0.05, 0) is 32.9 Å². The maximum absolute atomic E-state index is 12.6. The first-order valence-corrected chi connectivity index (χ1v) is 8.42. The summed E-state index contributed by atoms with van der Waals surface area (Å²) >= 11 is 0. The second-order valence-electron chi connectivity index (χ2n) is 6.12. The molecule has 0 saturated carbocycles. The molecule has 0 radical (unpaired) electrons. The van der Waals surface area contributed by atoms with E-state index in [1.807, 2.05) is 32.9 Å². The molecule has 0 fully saturated rings. The third-order valence-corrected chi connectivity index (χ3v) is 4.32. The molecule has 0 bridgehead atoms. The molecule has 3 aromatic rings. The summed E-state index contributed by atoms with van der Waals surface area (Å²) in [6.07, 6.45) is 3.28. The first-order chi connectivity index (χ1) is 12.5. The van der Waals surface area contributed by atoms with Gasteiger partial charge in [0.1, 0.15) is 5.69 Å². The third kappa shape index (κ3) is 3.42. The number of rotatable bonds is 5. The number of aromatic amines is 1. The van der Waals surface area contributed by atoms with E-state index in [0.29, 0.717) is 11.4 Å². The van der Waals surface area contributed by atoms with E-state index in [1.165, 1.54) is 0 Å². The van der Waals surface area contributed by atoms with Crippen LogP contribution in [0.1, 0.15) is 40.3 Å². The number of hydrogen-bond acceptors (Lipinski definition) is 5. The van der Waals surface area contributed by atoms with Crippen LogP contribution >= 0.6 is 0 Å². The largest absolute Gasteiger partial charge is 0.371 e. The topological polar surface area (TPSA) is 95.6 Å². The zero-order valence-electron chi connectivity index (χ0n) is 15.3. The van der Waals surface area contributed by atoms with Crippen LogP contribution in [0.5, 0.6) is 0 Å². The lowest BCUT2D eigenvalue weighted by molar-refractivity contribution is 0.0940. The number of aromatic nitrogens is 4. The molecule has 0 saturated heterocycles. The van der Waals surface area contributed by atoms with Crippen molar-refractivity contribution in [3.63, 3.8) is 0 Å². The van der Waals surface area contributed by atoms with Crippen molar-refractivity contribution in [3.8, 4) is 11.3 Å². The second kappa shape index (κ2) is 7.35. The number of carbonyl (C=O) groups excluding carboxylic acids is 1. The van der Waals surface area contributed by atoms with Gasteiger partial charge in [0.15, 0.2) is 5.82 Å². The average Bonchev–Trinajstić information content (AvgIpc) is 3.00. The maximum atomic E-state index is 12.6. The van der Waals surface area contributed by atoms with E-state index in [-0.39, 0.29) is 11.9 Å². The lowest BCUT2D eigenvalue weighted by Gasteiger charge is -2.15. The van der Waals surface area contributed by atoms with Crippen LogP contribution in [0.4, 0.5) is 5.82 Å². The number of aryl methyl sites for hydroxylation is 2. The second-order valence-corrected chi connectivity index (χ2v) is 6.12. The standard InChI is InChI=1S/C19H22N6O/c1-11(16-12(2)24-25-13(16)3)23-19(26)15-7-5-14(6-8-15)17-18(20-4)22-10-9-21-17/h5-11H,1-4H3,(H,20,22)(H,23,26)(H,24,25)/t11-/m0/s1. The van der Waals surface area contributed by atoms with Crippen LogP contribution in [-0.2, 0) is 0 Å². The van der Waals surface area contributed by atoms with E-state index in [2.05, 4.69) is 30.8 Å². The van der Waals surface area contributed by atoms with Gasteiger partial charge in [0.25, 0.3) is 5.91 Å². The number of hydrogen-bond donors (Lipinski definition) is 3. The Kier molecular flexibility index (Phi) is 4.97. The van der Waals surface area contributed by atoms with Crippen molar-refractivity contribution >= 4 is 11.7 Å². The van der Waals surface area contributed by atoms with Gasteiger partial charge in [-0.15, -0.1) is 0 Å². The predicted octanol–water partition coefficient (Wildman–Crippen LogP) is 3.02. The number of nitrogens with one attached hydrogen (secondary N) is 3. The summed E-state index contributed by atoms with van der Waals surface area (Å²) in [6, 6.07) is 7.20. The molecule has 1 atom stereocenters. The molecule has 3 N–H and O–H groups in total. The fraction of sp³-hybridized carbons (Fsp3) is 0.263. The Hall–Kier alpha value is -3.22. The molecule has 2 heterocycles. The summed E-state index contributed by atoms with van der Waals surface area (Å²) in [4.78, 5) is 21.2. The van der Waals surface area contributed by atoms with Crippen molar-refractivity contribution in [2.75, 3.05) is 12.4 Å². The van der Waals surface area contributed by atoms with Crippen molar-refractivity contribution in [1.29, 1.82) is 0 Å². The number of nitrogens with zero attached hydrogens (tertiary/aromatic N) is 3. The van der Waals surface area contributed by atoms with Crippen molar-refractivity contribution in [3.05, 3.63) is 59.2 Å². The Morgan fingerprint density at radius 2 is 1.81 bits per heavy atom. The minimum absolute atomic E-state index is 0.128. The van der Waals surface area contributed by atoms with E-state index >= 15 is 0 Å². The SMILES string of the molecule is CNc1nccnc1-c1ccc(C(=O)N[C@@H](C)c2c(C)n[nH]c2C)cc1. The number of anilines is 1. The highest BCUT2D eigenvalue weighted by atomic mass is 16.1. The molecule has 0 aliphatic rings. The van der Waals surface area contributed by atoms with Gasteiger partial charge < -0.3 is 10.6 Å². The van der Waals surface area contributed by atoms with E-state index < -0.39 is 0 Å². The molecule has 0 aliphatic carbocycles. The maximum Gasteiger partial charge on any atom is 0.251 e. The first-order valence-electron chi connectivity index (χ1n) is 8.42. The molecule has 7 nitrogen and oxygen atoms in total. The molecule has 2 aromatic heterocycles. The van der Waals surface area contributed by atoms with Crippen molar-refractivity contribution < 1.29 is 4.79 Å². The van der Waals surface area contributed by atoms with Crippen molar-refractivity contribution in [1.82, 2.24) is 25.5 Å². The van der Waals surface area contributed by atoms with E-state index in [1.54, 1.807) is 31.6 Å². The van der Waals surface area contributed by atoms with Crippen LogP contribution in [-0.4, -0.2) is 33.1 Å². The molecule has 1 aromatic carbocycles. The fourth-order valence-corrected chi connectivity index (χ4v) is 3.06. The van der Waals surface area contributed by atoms with Crippen molar-refractivity contribution in [2.24, 2.45) is 0 Å². The monoisotopic (exact) mass is 350 g/mol. The number of carbonyl (C=O) groups is 1. The van der Waals surface area contributed by atoms with Crippen molar-refractivity contribution in [2.45, 2.75) is 26.8 Å². The van der Waals surface area contributed by atoms with Gasteiger partial charge in [-0.2, -0.15) is 5.10 Å². The van der Waals surface area contributed by atoms with Gasteiger partial charge in [-0.1, -0.05) is 12.1 Å². The fourth-order valence-electron chi connectivity index (χ4n) is 3.06. The highest BCUT2D eigenvalue weighted by molar-refractivity contribution is 5.95. The third-order valence-electron chi connectivity index (χ3n) is 4.32. The summed E-state index contributed by atoms with van der Waals surface area (Å²) in [5.74, 6) is 0.571. The van der Waals surface area contributed by atoms with Crippen LogP contribution in [0.15, 0.2) is 36.7 Å². The molecule has 7 heteroatoms. The van der Waals surface area contributed by atoms with E-state index in [9.17, 15) is 4.79 Å². The Labute approximate surface area is 152 Å². The van der Waals surface area contributed by atoms with Gasteiger partial charge in [0.05, 0.1) is 11.7 Å². The molecule has 0 unspecified atom stereocenters. The minimum Gasteiger partial charge on any atom is -0.371 e. The molecule has 1 amide bonds. The van der Waals surface area contributed by atoms with Crippen LogP contribution in [0.2, 0.25) is 0 Å². The number of H-pyrrole nitrogens is 1. The Balaban J connectivity index is 1.77. The van der Waals surface area contributed by atoms with Gasteiger partial charge in [0.2, 0.25) is 0 Å². The van der Waals surface area contributed by atoms with Gasteiger partial charge >= 0.3 is 0 Å². The molecular weight excluding hydrogens is 328 g/mol. The Morgan fingerprint density at radius 1 is 1.12 bits per heavy atom. The smallest absolute Gasteiger partial charge is 0.251 e. The summed E-state index contributed by atoms with van der Waals surface area (Å²) in [7, 11) is 1.80. The average molecular weight is 350 g/mol. The van der Waals surface area contributed by atoms with Gasteiger partial charge in [0, 0.05) is 41.8 Å². The summed E-state index contributed by atoms with van der Waals surface area (Å²) in [5.41, 5.74) is 5.12. The Morgan fingerprint density at radius 3 is 2.42 bits per heavy atom. The van der Waals surface area contributed by atoms with Crippen LogP contribution in [0, 0.1) is 13.8 Å². The summed E-state index contributed by atoms with van der Waals surface area (Å²) < 4.78 is 0. The quantitative estimate of drug-likeness (QED) is 0.657. The predicted molar refractivity (Wildman–Crippen MR) is 101 cm³/mol. The van der Waals surface area contributed by atoms with Crippen LogP contribution in [0.25, 0.3) is 11.3 Å². The molecule has 0 aliphatic heterocycles. The zero-order valence-corrected chi connectivity index (χ0v) is 15.3. The summed E-state index contributed by atoms with van der Waals surface area (Å²) in [6.45, 7) is 5.83.